The Bertz CT molecular complexity index is 918. The van der Waals surface area contributed by atoms with Crippen LogP contribution in [0.5, 0.6) is 0 Å². The highest BCUT2D eigenvalue weighted by atomic mass is 16.5. The number of fused-ring (bicyclic) bond motifs is 1. The highest BCUT2D eigenvalue weighted by molar-refractivity contribution is 5.79. The largest absolute Gasteiger partial charge is 0.381 e. The molecule has 1 aliphatic heterocycles. The fourth-order valence-electron chi connectivity index (χ4n) is 3.29. The Morgan fingerprint density at radius 2 is 2.25 bits per heavy atom. The van der Waals surface area contributed by atoms with Gasteiger partial charge in [0.25, 0.3) is 0 Å². The van der Waals surface area contributed by atoms with Gasteiger partial charge in [-0.05, 0) is 12.5 Å². The van der Waals surface area contributed by atoms with Crippen molar-refractivity contribution in [2.45, 2.75) is 18.9 Å². The molecule has 3 aromatic rings. The number of likely N-dealkylation sites (N-methyl/N-ethyl adjacent to an activating group) is 1. The first-order chi connectivity index (χ1) is 13.7. The van der Waals surface area contributed by atoms with E-state index < -0.39 is 0 Å². The van der Waals surface area contributed by atoms with Crippen molar-refractivity contribution in [1.29, 1.82) is 0 Å². The summed E-state index contributed by atoms with van der Waals surface area (Å²) in [6.45, 7) is 2.92. The number of anilines is 1. The first kappa shape index (κ1) is 18.4. The fourth-order valence-corrected chi connectivity index (χ4v) is 3.29. The second-order valence-electron chi connectivity index (χ2n) is 7.02. The van der Waals surface area contributed by atoms with Gasteiger partial charge < -0.3 is 15.0 Å². The molecule has 0 bridgehead atoms. The molecule has 146 valence electrons. The SMILES string of the molecule is CN(CCNc1cc([C@H]2CCOC2)ncn1)C(=O)Cn1cc2ccccc2n1. The van der Waals surface area contributed by atoms with E-state index in [1.54, 1.807) is 23.0 Å². The van der Waals surface area contributed by atoms with Gasteiger partial charge in [0.05, 0.1) is 17.8 Å². The van der Waals surface area contributed by atoms with Crippen molar-refractivity contribution < 1.29 is 9.53 Å². The summed E-state index contributed by atoms with van der Waals surface area (Å²) in [5, 5.41) is 8.74. The van der Waals surface area contributed by atoms with Crippen molar-refractivity contribution >= 4 is 22.6 Å². The summed E-state index contributed by atoms with van der Waals surface area (Å²) >= 11 is 0. The highest BCUT2D eigenvalue weighted by Crippen LogP contribution is 2.24. The molecule has 2 aromatic heterocycles. The Balaban J connectivity index is 1.27. The average Bonchev–Trinajstić information content (AvgIpc) is 3.37. The van der Waals surface area contributed by atoms with Gasteiger partial charge in [0.2, 0.25) is 5.91 Å². The molecule has 1 atom stereocenters. The molecule has 0 aliphatic carbocycles. The lowest BCUT2D eigenvalue weighted by atomic mass is 10.1. The third kappa shape index (κ3) is 4.28. The van der Waals surface area contributed by atoms with Gasteiger partial charge in [-0.15, -0.1) is 0 Å². The molecule has 1 saturated heterocycles. The van der Waals surface area contributed by atoms with Crippen molar-refractivity contribution in [2.24, 2.45) is 0 Å². The van der Waals surface area contributed by atoms with Crippen LogP contribution in [0.3, 0.4) is 0 Å². The van der Waals surface area contributed by atoms with Gasteiger partial charge in [-0.3, -0.25) is 9.48 Å². The Labute approximate surface area is 163 Å². The minimum atomic E-state index is 0.0149. The number of hydrogen-bond donors (Lipinski definition) is 1. The van der Waals surface area contributed by atoms with E-state index in [1.165, 1.54) is 0 Å². The maximum Gasteiger partial charge on any atom is 0.244 e. The first-order valence-corrected chi connectivity index (χ1v) is 9.49. The van der Waals surface area contributed by atoms with Crippen molar-refractivity contribution in [2.75, 3.05) is 38.7 Å². The zero-order valence-electron chi connectivity index (χ0n) is 15.9. The van der Waals surface area contributed by atoms with Crippen LogP contribution < -0.4 is 5.32 Å². The number of benzene rings is 1. The van der Waals surface area contributed by atoms with Crippen LogP contribution in [-0.2, 0) is 16.1 Å². The molecule has 0 radical (unpaired) electrons. The second kappa shape index (κ2) is 8.35. The van der Waals surface area contributed by atoms with Crippen LogP contribution in [0.4, 0.5) is 5.82 Å². The van der Waals surface area contributed by atoms with Crippen LogP contribution in [0, 0.1) is 0 Å². The van der Waals surface area contributed by atoms with E-state index >= 15 is 0 Å². The lowest BCUT2D eigenvalue weighted by Gasteiger charge is -2.18. The molecule has 4 rings (SSSR count). The molecule has 1 N–H and O–H groups in total. The Hall–Kier alpha value is -3.00. The molecule has 1 aliphatic rings. The summed E-state index contributed by atoms with van der Waals surface area (Å²) in [4.78, 5) is 22.8. The normalized spacial score (nSPS) is 16.4. The van der Waals surface area contributed by atoms with Crippen LogP contribution in [0.25, 0.3) is 10.9 Å². The molecule has 28 heavy (non-hydrogen) atoms. The lowest BCUT2D eigenvalue weighted by Crippen LogP contribution is -2.34. The van der Waals surface area contributed by atoms with E-state index in [9.17, 15) is 4.79 Å². The highest BCUT2D eigenvalue weighted by Gasteiger charge is 2.19. The number of hydrogen-bond acceptors (Lipinski definition) is 6. The average molecular weight is 380 g/mol. The van der Waals surface area contributed by atoms with Gasteiger partial charge in [-0.25, -0.2) is 9.97 Å². The van der Waals surface area contributed by atoms with Crippen molar-refractivity contribution in [1.82, 2.24) is 24.6 Å². The summed E-state index contributed by atoms with van der Waals surface area (Å²) < 4.78 is 7.12. The van der Waals surface area contributed by atoms with Crippen molar-refractivity contribution in [3.63, 3.8) is 0 Å². The Morgan fingerprint density at radius 3 is 3.07 bits per heavy atom. The minimum Gasteiger partial charge on any atom is -0.381 e. The number of rotatable bonds is 7. The molecular formula is C20H24N6O2. The monoisotopic (exact) mass is 380 g/mol. The lowest BCUT2D eigenvalue weighted by molar-refractivity contribution is -0.130. The number of carbonyl (C=O) groups is 1. The zero-order valence-corrected chi connectivity index (χ0v) is 15.9. The zero-order chi connectivity index (χ0) is 19.3. The third-order valence-corrected chi connectivity index (χ3v) is 4.97. The van der Waals surface area contributed by atoms with E-state index in [-0.39, 0.29) is 12.5 Å². The van der Waals surface area contributed by atoms with Crippen molar-refractivity contribution in [3.8, 4) is 0 Å². The summed E-state index contributed by atoms with van der Waals surface area (Å²) in [5.74, 6) is 1.13. The molecule has 3 heterocycles. The molecule has 1 amide bonds. The molecular weight excluding hydrogens is 356 g/mol. The minimum absolute atomic E-state index is 0.0149. The van der Waals surface area contributed by atoms with Crippen LogP contribution >= 0.6 is 0 Å². The number of carbonyl (C=O) groups excluding carboxylic acids is 1. The third-order valence-electron chi connectivity index (χ3n) is 4.97. The molecule has 0 saturated carbocycles. The number of amides is 1. The quantitative estimate of drug-likeness (QED) is 0.674. The van der Waals surface area contributed by atoms with E-state index in [1.807, 2.05) is 36.5 Å². The maximum absolute atomic E-state index is 12.5. The van der Waals surface area contributed by atoms with Gasteiger partial charge in [-0.1, -0.05) is 18.2 Å². The first-order valence-electron chi connectivity index (χ1n) is 9.49. The van der Waals surface area contributed by atoms with Gasteiger partial charge in [-0.2, -0.15) is 5.10 Å². The summed E-state index contributed by atoms with van der Waals surface area (Å²) in [5.41, 5.74) is 1.90. The van der Waals surface area contributed by atoms with Crippen LogP contribution in [0.2, 0.25) is 0 Å². The number of ether oxygens (including phenoxy) is 1. The van der Waals surface area contributed by atoms with Gasteiger partial charge >= 0.3 is 0 Å². The van der Waals surface area contributed by atoms with Crippen LogP contribution in [-0.4, -0.2) is 63.9 Å². The predicted molar refractivity (Wildman–Crippen MR) is 106 cm³/mol. The van der Waals surface area contributed by atoms with Gasteiger partial charge in [0.15, 0.2) is 0 Å². The maximum atomic E-state index is 12.5. The van der Waals surface area contributed by atoms with E-state index in [0.717, 1.165) is 42.0 Å². The van der Waals surface area contributed by atoms with E-state index in [4.69, 9.17) is 4.74 Å². The van der Waals surface area contributed by atoms with Gasteiger partial charge in [0, 0.05) is 50.3 Å². The number of nitrogens with one attached hydrogen (secondary N) is 1. The molecule has 1 aromatic carbocycles. The fraction of sp³-hybridized carbons (Fsp3) is 0.400. The predicted octanol–water partition coefficient (Wildman–Crippen LogP) is 1.90. The molecule has 1 fully saturated rings. The second-order valence-corrected chi connectivity index (χ2v) is 7.02. The standard InChI is InChI=1S/C20H24N6O2/c1-25(20(27)12-26-11-15-4-2-3-5-17(15)24-26)8-7-21-19-10-18(22-14-23-19)16-6-9-28-13-16/h2-5,10-11,14,16H,6-9,12-13H2,1H3,(H,21,22,23)/t16-/m0/s1. The smallest absolute Gasteiger partial charge is 0.244 e. The molecule has 8 heteroatoms. The molecule has 0 unspecified atom stereocenters. The molecule has 8 nitrogen and oxygen atoms in total. The molecule has 0 spiro atoms. The van der Waals surface area contributed by atoms with E-state index in [2.05, 4.69) is 20.4 Å². The Morgan fingerprint density at radius 1 is 1.36 bits per heavy atom. The topological polar surface area (TPSA) is 85.2 Å². The summed E-state index contributed by atoms with van der Waals surface area (Å²) in [6, 6.07) is 9.81. The van der Waals surface area contributed by atoms with Crippen LogP contribution in [0.15, 0.2) is 42.9 Å². The van der Waals surface area contributed by atoms with E-state index in [0.29, 0.717) is 19.0 Å². The van der Waals surface area contributed by atoms with Crippen molar-refractivity contribution in [3.05, 3.63) is 48.5 Å². The van der Waals surface area contributed by atoms with Crippen LogP contribution in [0.1, 0.15) is 18.0 Å². The van der Waals surface area contributed by atoms with Gasteiger partial charge in [0.1, 0.15) is 18.7 Å². The number of aromatic nitrogens is 4. The number of nitrogens with zero attached hydrogens (tertiary/aromatic N) is 5. The summed E-state index contributed by atoms with van der Waals surface area (Å²) in [7, 11) is 1.80. The summed E-state index contributed by atoms with van der Waals surface area (Å²) in [6.07, 6.45) is 4.47. The Kier molecular flexibility index (Phi) is 5.48.